The minimum absolute atomic E-state index is 0. The maximum atomic E-state index is 11.8. The molecule has 28 heavy (non-hydrogen) atoms. The lowest BCUT2D eigenvalue weighted by atomic mass is 10.4. The molecular weight excluding hydrogens is 511 g/mol. The number of hydrogen-bond donors (Lipinski definition) is 2. The van der Waals surface area contributed by atoms with Crippen LogP contribution in [-0.2, 0) is 18.4 Å². The molecule has 10 heteroatoms. The molecule has 1 heterocycles. The van der Waals surface area contributed by atoms with Crippen LogP contribution in [0.15, 0.2) is 46.4 Å². The van der Waals surface area contributed by atoms with Gasteiger partial charge in [-0.2, -0.15) is 5.10 Å². The normalized spacial score (nSPS) is 10.9. The third-order valence-electron chi connectivity index (χ3n) is 3.70. The number of carbonyl (C=O) groups excluding carboxylic acids is 1. The minimum atomic E-state index is -0.0134. The Morgan fingerprint density at radius 2 is 1.96 bits per heavy atom. The highest BCUT2D eigenvalue weighted by atomic mass is 127. The fourth-order valence-electron chi connectivity index (χ4n) is 2.08. The predicted octanol–water partition coefficient (Wildman–Crippen LogP) is 2.61. The zero-order valence-corrected chi connectivity index (χ0v) is 20.1. The van der Waals surface area contributed by atoms with E-state index in [0.29, 0.717) is 19.0 Å². The number of aliphatic imine (C=N–C) groups is 1. The van der Waals surface area contributed by atoms with E-state index in [0.717, 1.165) is 21.4 Å². The number of likely N-dealkylation sites (N-methyl/N-ethyl adjacent to an activating group) is 1. The molecule has 0 aliphatic rings. The highest BCUT2D eigenvalue weighted by molar-refractivity contribution is 14.0. The summed E-state index contributed by atoms with van der Waals surface area (Å²) in [7, 11) is 5.34. The van der Waals surface area contributed by atoms with Gasteiger partial charge in [0.2, 0.25) is 5.91 Å². The molecule has 1 amide bonds. The van der Waals surface area contributed by atoms with E-state index in [1.807, 2.05) is 37.4 Å². The summed E-state index contributed by atoms with van der Waals surface area (Å²) in [5, 5.41) is 11.2. The van der Waals surface area contributed by atoms with Crippen molar-refractivity contribution in [3.8, 4) is 0 Å². The van der Waals surface area contributed by atoms with Crippen LogP contribution in [0.4, 0.5) is 0 Å². The van der Waals surface area contributed by atoms with Gasteiger partial charge in [-0.1, -0.05) is 11.6 Å². The molecule has 0 atom stereocenters. The number of carbonyl (C=O) groups is 1. The number of halogens is 2. The molecule has 2 aromatic rings. The van der Waals surface area contributed by atoms with E-state index >= 15 is 0 Å². The number of nitrogens with zero attached hydrogens (tertiary/aromatic N) is 4. The van der Waals surface area contributed by atoms with Gasteiger partial charge in [-0.25, -0.2) is 4.99 Å². The topological polar surface area (TPSA) is 74.5 Å². The van der Waals surface area contributed by atoms with Crippen LogP contribution in [0, 0.1) is 0 Å². The largest absolute Gasteiger partial charge is 0.356 e. The monoisotopic (exact) mass is 536 g/mol. The Labute approximate surface area is 192 Å². The first-order valence-corrected chi connectivity index (χ1v) is 9.89. The third-order valence-corrected chi connectivity index (χ3v) is 4.97. The molecule has 0 radical (unpaired) electrons. The minimum Gasteiger partial charge on any atom is -0.356 e. The molecule has 1 aromatic heterocycles. The van der Waals surface area contributed by atoms with Gasteiger partial charge in [-0.15, -0.1) is 35.7 Å². The number of rotatable bonds is 8. The van der Waals surface area contributed by atoms with Crippen LogP contribution in [0.2, 0.25) is 5.02 Å². The number of thioether (sulfide) groups is 1. The maximum absolute atomic E-state index is 11.8. The Morgan fingerprint density at radius 1 is 1.25 bits per heavy atom. The molecule has 0 aliphatic carbocycles. The lowest BCUT2D eigenvalue weighted by molar-refractivity contribution is -0.127. The quantitative estimate of drug-likeness (QED) is 0.178. The summed E-state index contributed by atoms with van der Waals surface area (Å²) in [6.45, 7) is 1.38. The first-order valence-electron chi connectivity index (χ1n) is 8.53. The van der Waals surface area contributed by atoms with Gasteiger partial charge in [-0.3, -0.25) is 9.48 Å². The number of aryl methyl sites for hydroxylation is 1. The van der Waals surface area contributed by atoms with E-state index in [2.05, 4.69) is 20.7 Å². The number of hydrogen-bond acceptors (Lipinski definition) is 4. The van der Waals surface area contributed by atoms with Crippen molar-refractivity contribution >= 4 is 59.2 Å². The molecule has 0 spiro atoms. The molecule has 0 bridgehead atoms. The zero-order chi connectivity index (χ0) is 19.6. The van der Waals surface area contributed by atoms with E-state index in [9.17, 15) is 4.79 Å². The molecule has 2 rings (SSSR count). The zero-order valence-electron chi connectivity index (χ0n) is 16.2. The standard InChI is InChI=1S/C18H25ClN6OS.HI/c1-24(2)17(26)13-22-18(21-12-15-8-9-23-25(15)3)20-10-11-27-16-6-4-14(19)5-7-16;/h4-9H,10-13H2,1-3H3,(H2,20,21,22);1H. The fraction of sp³-hybridized carbons (Fsp3) is 0.389. The number of benzene rings is 1. The van der Waals surface area contributed by atoms with Crippen molar-refractivity contribution in [1.29, 1.82) is 0 Å². The van der Waals surface area contributed by atoms with Crippen LogP contribution in [-0.4, -0.2) is 59.5 Å². The van der Waals surface area contributed by atoms with E-state index in [1.165, 1.54) is 0 Å². The predicted molar refractivity (Wildman–Crippen MR) is 127 cm³/mol. The van der Waals surface area contributed by atoms with Gasteiger partial charge in [0.25, 0.3) is 0 Å². The van der Waals surface area contributed by atoms with E-state index < -0.39 is 0 Å². The van der Waals surface area contributed by atoms with Crippen molar-refractivity contribution in [2.24, 2.45) is 12.0 Å². The summed E-state index contributed by atoms with van der Waals surface area (Å²) < 4.78 is 1.78. The van der Waals surface area contributed by atoms with Gasteiger partial charge in [0, 0.05) is 49.6 Å². The smallest absolute Gasteiger partial charge is 0.241 e. The molecule has 0 fully saturated rings. The average molecular weight is 537 g/mol. The van der Waals surface area contributed by atoms with Gasteiger partial charge in [0.15, 0.2) is 5.96 Å². The Morgan fingerprint density at radius 3 is 2.57 bits per heavy atom. The molecule has 7 nitrogen and oxygen atoms in total. The van der Waals surface area contributed by atoms with Crippen LogP contribution in [0.3, 0.4) is 0 Å². The van der Waals surface area contributed by atoms with Gasteiger partial charge in [0.1, 0.15) is 0 Å². The number of amides is 1. The van der Waals surface area contributed by atoms with Crippen molar-refractivity contribution in [2.45, 2.75) is 11.4 Å². The number of nitrogens with one attached hydrogen (secondary N) is 2. The second-order valence-corrected chi connectivity index (χ2v) is 7.59. The van der Waals surface area contributed by atoms with Crippen molar-refractivity contribution in [3.05, 3.63) is 47.2 Å². The SMILES string of the molecule is CN(C)C(=O)CNC(=NCc1ccnn1C)NCCSc1ccc(Cl)cc1.I. The Balaban J connectivity index is 0.00000392. The molecule has 0 unspecified atom stereocenters. The van der Waals surface area contributed by atoms with Crippen LogP contribution in [0.5, 0.6) is 0 Å². The van der Waals surface area contributed by atoms with Crippen LogP contribution in [0.25, 0.3) is 0 Å². The number of guanidine groups is 1. The van der Waals surface area contributed by atoms with Crippen LogP contribution in [0.1, 0.15) is 5.69 Å². The molecule has 0 saturated heterocycles. The second-order valence-electron chi connectivity index (χ2n) is 5.98. The third kappa shape index (κ3) is 8.70. The van der Waals surface area contributed by atoms with Crippen molar-refractivity contribution in [3.63, 3.8) is 0 Å². The van der Waals surface area contributed by atoms with Crippen LogP contribution >= 0.6 is 47.3 Å². The van der Waals surface area contributed by atoms with E-state index in [-0.39, 0.29) is 36.4 Å². The lowest BCUT2D eigenvalue weighted by Crippen LogP contribution is -2.43. The Kier molecular flexibility index (Phi) is 11.3. The van der Waals surface area contributed by atoms with E-state index in [1.54, 1.807) is 41.6 Å². The Bertz CT molecular complexity index is 766. The summed E-state index contributed by atoms with van der Waals surface area (Å²) in [5.41, 5.74) is 0.991. The van der Waals surface area contributed by atoms with Crippen molar-refractivity contribution in [1.82, 2.24) is 25.3 Å². The molecule has 154 valence electrons. The Hall–Kier alpha value is -1.46. The van der Waals surface area contributed by atoms with Crippen LogP contribution < -0.4 is 10.6 Å². The number of aromatic nitrogens is 2. The average Bonchev–Trinajstić information content (AvgIpc) is 3.06. The van der Waals surface area contributed by atoms with E-state index in [4.69, 9.17) is 11.6 Å². The van der Waals surface area contributed by atoms with Gasteiger partial charge in [0.05, 0.1) is 18.8 Å². The lowest BCUT2D eigenvalue weighted by Gasteiger charge is -2.15. The van der Waals surface area contributed by atoms with Crippen molar-refractivity contribution < 1.29 is 4.79 Å². The summed E-state index contributed by atoms with van der Waals surface area (Å²) in [5.74, 6) is 1.44. The highest BCUT2D eigenvalue weighted by Gasteiger charge is 2.06. The first-order chi connectivity index (χ1) is 13.0. The van der Waals surface area contributed by atoms with Gasteiger partial charge < -0.3 is 15.5 Å². The summed E-state index contributed by atoms with van der Waals surface area (Å²) in [4.78, 5) is 19.1. The summed E-state index contributed by atoms with van der Waals surface area (Å²) >= 11 is 7.63. The van der Waals surface area contributed by atoms with Gasteiger partial charge in [-0.05, 0) is 30.3 Å². The van der Waals surface area contributed by atoms with Crippen molar-refractivity contribution in [2.75, 3.05) is 32.9 Å². The molecule has 0 aliphatic heterocycles. The fourth-order valence-corrected chi connectivity index (χ4v) is 2.97. The molecular formula is C18H26ClIN6OS. The van der Waals surface area contributed by atoms with Gasteiger partial charge >= 0.3 is 0 Å². The maximum Gasteiger partial charge on any atom is 0.241 e. The molecule has 0 saturated carbocycles. The summed E-state index contributed by atoms with van der Waals surface area (Å²) in [6, 6.07) is 9.68. The molecule has 1 aromatic carbocycles. The highest BCUT2D eigenvalue weighted by Crippen LogP contribution is 2.19. The summed E-state index contributed by atoms with van der Waals surface area (Å²) in [6.07, 6.45) is 1.74. The second kappa shape index (κ2) is 12.9. The molecule has 2 N–H and O–H groups in total. The first kappa shape index (κ1) is 24.6.